The van der Waals surface area contributed by atoms with Gasteiger partial charge in [-0.05, 0) is 31.1 Å². The lowest BCUT2D eigenvalue weighted by molar-refractivity contribution is -0.149. The SMILES string of the molecule is CCCCCCCCCCCOC(=O)C(CC(C)C)N(C)C(=O)OCC(CC)CCCC. The number of carbonyl (C=O) groups is 2. The molecule has 0 spiro atoms. The Balaban J connectivity index is 4.35. The van der Waals surface area contributed by atoms with Gasteiger partial charge in [-0.1, -0.05) is 105 Å². The third kappa shape index (κ3) is 15.5. The number of likely N-dealkylation sites (N-methyl/N-ethyl adjacent to an activating group) is 1. The van der Waals surface area contributed by atoms with Crippen molar-refractivity contribution in [1.82, 2.24) is 4.90 Å². The highest BCUT2D eigenvalue weighted by Crippen LogP contribution is 2.17. The van der Waals surface area contributed by atoms with Crippen LogP contribution in [0.3, 0.4) is 0 Å². The third-order valence-corrected chi connectivity index (χ3v) is 6.20. The molecule has 1 amide bonds. The summed E-state index contributed by atoms with van der Waals surface area (Å²) in [6, 6.07) is -0.586. The average Bonchev–Trinajstić information content (AvgIpc) is 2.77. The quantitative estimate of drug-likeness (QED) is 0.139. The molecule has 0 aliphatic rings. The lowest BCUT2D eigenvalue weighted by atomic mass is 10.0. The summed E-state index contributed by atoms with van der Waals surface area (Å²) in [4.78, 5) is 26.8. The summed E-state index contributed by atoms with van der Waals surface area (Å²) in [5, 5.41) is 0. The second kappa shape index (κ2) is 20.4. The number of hydrogen-bond donors (Lipinski definition) is 0. The summed E-state index contributed by atoms with van der Waals surface area (Å²) in [5.41, 5.74) is 0. The molecular formula is C27H53NO4. The zero-order chi connectivity index (χ0) is 24.2. The van der Waals surface area contributed by atoms with E-state index in [-0.39, 0.29) is 11.9 Å². The molecule has 0 bridgehead atoms. The fourth-order valence-corrected chi connectivity index (χ4v) is 3.86. The molecule has 5 nitrogen and oxygen atoms in total. The lowest BCUT2D eigenvalue weighted by Gasteiger charge is -2.28. The van der Waals surface area contributed by atoms with Crippen molar-refractivity contribution in [3.05, 3.63) is 0 Å². The molecule has 32 heavy (non-hydrogen) atoms. The van der Waals surface area contributed by atoms with Gasteiger partial charge < -0.3 is 9.47 Å². The molecule has 0 heterocycles. The van der Waals surface area contributed by atoms with Crippen molar-refractivity contribution in [2.24, 2.45) is 11.8 Å². The molecular weight excluding hydrogens is 402 g/mol. The Morgan fingerprint density at radius 2 is 1.34 bits per heavy atom. The lowest BCUT2D eigenvalue weighted by Crippen LogP contribution is -2.44. The van der Waals surface area contributed by atoms with Crippen LogP contribution < -0.4 is 0 Å². The van der Waals surface area contributed by atoms with Gasteiger partial charge in [0.05, 0.1) is 13.2 Å². The van der Waals surface area contributed by atoms with E-state index in [1.54, 1.807) is 7.05 Å². The number of unbranched alkanes of at least 4 members (excludes halogenated alkanes) is 9. The molecule has 0 aromatic carbocycles. The molecule has 0 radical (unpaired) electrons. The summed E-state index contributed by atoms with van der Waals surface area (Å²) in [5.74, 6) is 0.355. The minimum Gasteiger partial charge on any atom is -0.464 e. The van der Waals surface area contributed by atoms with E-state index in [0.29, 0.717) is 25.6 Å². The van der Waals surface area contributed by atoms with Crippen LogP contribution in [0.4, 0.5) is 4.79 Å². The first-order chi connectivity index (χ1) is 15.4. The van der Waals surface area contributed by atoms with Crippen LogP contribution >= 0.6 is 0 Å². The molecule has 2 atom stereocenters. The van der Waals surface area contributed by atoms with Crippen molar-refractivity contribution in [1.29, 1.82) is 0 Å². The summed E-state index contributed by atoms with van der Waals surface area (Å²) in [7, 11) is 1.65. The van der Waals surface area contributed by atoms with Crippen LogP contribution in [-0.4, -0.2) is 43.3 Å². The van der Waals surface area contributed by atoms with Gasteiger partial charge >= 0.3 is 12.1 Å². The van der Waals surface area contributed by atoms with Crippen LogP contribution in [0.2, 0.25) is 0 Å². The fourth-order valence-electron chi connectivity index (χ4n) is 3.86. The number of nitrogens with zero attached hydrogens (tertiary/aromatic N) is 1. The summed E-state index contributed by atoms with van der Waals surface area (Å²) < 4.78 is 11.1. The standard InChI is InChI=1S/C27H53NO4/c1-7-10-12-13-14-15-16-17-18-20-31-26(29)25(21-23(4)5)28(6)27(30)32-22-24(9-3)19-11-8-2/h23-25H,7-22H2,1-6H3. The molecule has 0 saturated heterocycles. The smallest absolute Gasteiger partial charge is 0.410 e. The van der Waals surface area contributed by atoms with Gasteiger partial charge in [0.25, 0.3) is 0 Å². The van der Waals surface area contributed by atoms with Crippen molar-refractivity contribution in [2.45, 2.75) is 131 Å². The highest BCUT2D eigenvalue weighted by Gasteiger charge is 2.30. The van der Waals surface area contributed by atoms with Gasteiger partial charge in [-0.2, -0.15) is 0 Å². The molecule has 0 fully saturated rings. The van der Waals surface area contributed by atoms with E-state index in [1.165, 1.54) is 49.8 Å². The number of esters is 1. The Kier molecular flexibility index (Phi) is 19.6. The van der Waals surface area contributed by atoms with E-state index >= 15 is 0 Å². The second-order valence-electron chi connectivity index (χ2n) is 9.75. The number of amides is 1. The van der Waals surface area contributed by atoms with E-state index in [4.69, 9.17) is 9.47 Å². The molecule has 0 aliphatic heterocycles. The van der Waals surface area contributed by atoms with Crippen LogP contribution in [0.1, 0.15) is 125 Å². The maximum atomic E-state index is 12.7. The average molecular weight is 456 g/mol. The predicted octanol–water partition coefficient (Wildman–Crippen LogP) is 7.76. The highest BCUT2D eigenvalue weighted by atomic mass is 16.6. The summed E-state index contributed by atoms with van der Waals surface area (Å²) >= 11 is 0. The maximum Gasteiger partial charge on any atom is 0.410 e. The van der Waals surface area contributed by atoms with Crippen LogP contribution in [0.25, 0.3) is 0 Å². The third-order valence-electron chi connectivity index (χ3n) is 6.20. The Morgan fingerprint density at radius 3 is 1.88 bits per heavy atom. The van der Waals surface area contributed by atoms with Crippen molar-refractivity contribution in [2.75, 3.05) is 20.3 Å². The van der Waals surface area contributed by atoms with Gasteiger partial charge in [0.1, 0.15) is 6.04 Å². The molecule has 0 aromatic heterocycles. The van der Waals surface area contributed by atoms with Gasteiger partial charge in [-0.15, -0.1) is 0 Å². The second-order valence-corrected chi connectivity index (χ2v) is 9.75. The Hall–Kier alpha value is -1.26. The van der Waals surface area contributed by atoms with Gasteiger partial charge in [-0.3, -0.25) is 4.90 Å². The van der Waals surface area contributed by atoms with Gasteiger partial charge in [0, 0.05) is 7.05 Å². The van der Waals surface area contributed by atoms with Crippen LogP contribution in [0, 0.1) is 11.8 Å². The number of carbonyl (C=O) groups excluding carboxylic acids is 2. The van der Waals surface area contributed by atoms with Crippen molar-refractivity contribution in [3.63, 3.8) is 0 Å². The van der Waals surface area contributed by atoms with Gasteiger partial charge in [0.15, 0.2) is 0 Å². The van der Waals surface area contributed by atoms with E-state index < -0.39 is 12.1 Å². The zero-order valence-corrected chi connectivity index (χ0v) is 22.1. The number of ether oxygens (including phenoxy) is 2. The first kappa shape index (κ1) is 30.7. The van der Waals surface area contributed by atoms with E-state index in [0.717, 1.165) is 38.5 Å². The molecule has 0 saturated carbocycles. The number of rotatable bonds is 20. The number of hydrogen-bond acceptors (Lipinski definition) is 4. The molecule has 0 rings (SSSR count). The monoisotopic (exact) mass is 455 g/mol. The zero-order valence-electron chi connectivity index (χ0n) is 22.1. The van der Waals surface area contributed by atoms with Crippen molar-refractivity contribution >= 4 is 12.1 Å². The normalized spacial score (nSPS) is 13.1. The Labute approximate surface area is 199 Å². The summed E-state index contributed by atoms with van der Waals surface area (Å²) in [6.07, 6.45) is 15.6. The van der Waals surface area contributed by atoms with Crippen molar-refractivity contribution in [3.8, 4) is 0 Å². The Bertz CT molecular complexity index is 467. The molecule has 0 N–H and O–H groups in total. The minimum atomic E-state index is -0.586. The largest absolute Gasteiger partial charge is 0.464 e. The first-order valence-electron chi connectivity index (χ1n) is 13.4. The topological polar surface area (TPSA) is 55.8 Å². The molecule has 5 heteroatoms. The van der Waals surface area contributed by atoms with E-state index in [9.17, 15) is 9.59 Å². The highest BCUT2D eigenvalue weighted by molar-refractivity contribution is 5.81. The molecule has 0 aliphatic carbocycles. The van der Waals surface area contributed by atoms with Gasteiger partial charge in [-0.25, -0.2) is 9.59 Å². The Morgan fingerprint density at radius 1 is 0.781 bits per heavy atom. The van der Waals surface area contributed by atoms with E-state index in [1.807, 2.05) is 0 Å². The van der Waals surface area contributed by atoms with Crippen LogP contribution in [-0.2, 0) is 14.3 Å². The van der Waals surface area contributed by atoms with E-state index in [2.05, 4.69) is 34.6 Å². The van der Waals surface area contributed by atoms with Gasteiger partial charge in [0.2, 0.25) is 0 Å². The predicted molar refractivity (Wildman–Crippen MR) is 134 cm³/mol. The van der Waals surface area contributed by atoms with Crippen LogP contribution in [0.5, 0.6) is 0 Å². The van der Waals surface area contributed by atoms with Crippen LogP contribution in [0.15, 0.2) is 0 Å². The minimum absolute atomic E-state index is 0.281. The first-order valence-corrected chi connectivity index (χ1v) is 13.4. The molecule has 2 unspecified atom stereocenters. The molecule has 0 aromatic rings. The maximum absolute atomic E-state index is 12.7. The molecule has 190 valence electrons. The fraction of sp³-hybridized carbons (Fsp3) is 0.926. The summed E-state index contributed by atoms with van der Waals surface area (Å²) in [6.45, 7) is 11.5. The van der Waals surface area contributed by atoms with Crippen molar-refractivity contribution < 1.29 is 19.1 Å².